The molecule has 7 heteroatoms. The van der Waals surface area contributed by atoms with E-state index in [0.717, 1.165) is 38.1 Å². The van der Waals surface area contributed by atoms with Gasteiger partial charge in [-0.25, -0.2) is 5.01 Å². The minimum Gasteiger partial charge on any atom is -0.314 e. The van der Waals surface area contributed by atoms with Gasteiger partial charge in [-0.15, -0.1) is 23.2 Å². The quantitative estimate of drug-likeness (QED) is 0.498. The lowest BCUT2D eigenvalue weighted by Crippen LogP contribution is -2.67. The molecule has 25 heavy (non-hydrogen) atoms. The topological polar surface area (TPSA) is 70.5 Å². The predicted octanol–water partition coefficient (Wildman–Crippen LogP) is 2.23. The molecule has 4 unspecified atom stereocenters. The number of hydrazine groups is 1. The Hall–Kier alpha value is 0.380. The normalized spacial score (nSPS) is 49.9. The van der Waals surface area contributed by atoms with Gasteiger partial charge < -0.3 is 5.73 Å². The number of nitrogens with zero attached hydrogens (tertiary/aromatic N) is 2. The van der Waals surface area contributed by atoms with E-state index in [1.165, 1.54) is 25.7 Å². The van der Waals surface area contributed by atoms with E-state index in [-0.39, 0.29) is 6.17 Å². The van der Waals surface area contributed by atoms with Crippen molar-refractivity contribution in [3.63, 3.8) is 0 Å². The van der Waals surface area contributed by atoms with Gasteiger partial charge in [0.15, 0.2) is 0 Å². The fourth-order valence-electron chi connectivity index (χ4n) is 5.87. The fourth-order valence-corrected chi connectivity index (χ4v) is 6.37. The molecule has 2 heterocycles. The van der Waals surface area contributed by atoms with Crippen LogP contribution in [0.15, 0.2) is 0 Å². The largest absolute Gasteiger partial charge is 0.314 e. The third-order valence-electron chi connectivity index (χ3n) is 7.30. The molecule has 5 nitrogen and oxygen atoms in total. The first-order valence-corrected chi connectivity index (χ1v) is 11.0. The Morgan fingerprint density at radius 3 is 2.12 bits per heavy atom. The lowest BCUT2D eigenvalue weighted by Gasteiger charge is -2.45. The molecule has 144 valence electrons. The molecule has 0 amide bonds. The van der Waals surface area contributed by atoms with Gasteiger partial charge in [0.1, 0.15) is 0 Å². The molecule has 2 aliphatic carbocycles. The molecule has 4 aliphatic rings. The molecule has 2 aliphatic heterocycles. The van der Waals surface area contributed by atoms with Crippen LogP contribution in [0.1, 0.15) is 51.4 Å². The maximum atomic E-state index is 6.59. The van der Waals surface area contributed by atoms with Gasteiger partial charge >= 0.3 is 0 Å². The minimum atomic E-state index is -0.0562. The van der Waals surface area contributed by atoms with Crippen LogP contribution in [-0.2, 0) is 0 Å². The summed E-state index contributed by atoms with van der Waals surface area (Å²) in [7, 11) is 0. The first-order chi connectivity index (χ1) is 12.0. The first-order valence-electron chi connectivity index (χ1n) is 10.1. The van der Waals surface area contributed by atoms with E-state index in [2.05, 4.69) is 10.2 Å². The van der Waals surface area contributed by atoms with E-state index in [4.69, 9.17) is 34.8 Å². The molecule has 0 radical (unpaired) electrons. The lowest BCUT2D eigenvalue weighted by atomic mass is 9.73. The number of hydrogen-bond acceptors (Lipinski definition) is 5. The number of alkyl halides is 2. The van der Waals surface area contributed by atoms with Gasteiger partial charge in [0.05, 0.1) is 19.0 Å². The molecule has 2 saturated carbocycles. The second kappa shape index (κ2) is 7.78. The number of halogens is 2. The summed E-state index contributed by atoms with van der Waals surface area (Å²) in [5.74, 6) is 7.94. The number of rotatable bonds is 2. The summed E-state index contributed by atoms with van der Waals surface area (Å²) in [6.45, 7) is 1.82. The molecule has 4 fully saturated rings. The van der Waals surface area contributed by atoms with Crippen LogP contribution >= 0.6 is 23.2 Å². The molecule has 4 rings (SSSR count). The Morgan fingerprint density at radius 2 is 1.48 bits per heavy atom. The van der Waals surface area contributed by atoms with Crippen LogP contribution < -0.4 is 16.9 Å². The van der Waals surface area contributed by atoms with Crippen LogP contribution in [0, 0.1) is 17.8 Å². The standard InChI is InChI=1S/C18H33Cl2N5/c19-12-3-1-11(2-4-12)15-9-24(14-7-5-13(20)6-8-14)18-16(15)17(21)25(22)10-23-18/h11-18,23H,1-10,21-22H2. The number of hydrogen-bond donors (Lipinski definition) is 3. The minimum absolute atomic E-state index is 0.0562. The number of nitrogens with two attached hydrogens (primary N) is 2. The summed E-state index contributed by atoms with van der Waals surface area (Å²) < 4.78 is 0. The molecule has 2 saturated heterocycles. The van der Waals surface area contributed by atoms with Gasteiger partial charge in [0, 0.05) is 29.3 Å². The molecule has 0 aromatic carbocycles. The van der Waals surface area contributed by atoms with Gasteiger partial charge in [-0.2, -0.15) is 0 Å². The van der Waals surface area contributed by atoms with Crippen LogP contribution in [-0.4, -0.2) is 52.2 Å². The van der Waals surface area contributed by atoms with Crippen LogP contribution in [0.5, 0.6) is 0 Å². The second-order valence-electron chi connectivity index (χ2n) is 8.67. The van der Waals surface area contributed by atoms with Crippen molar-refractivity contribution in [2.45, 2.75) is 80.5 Å². The zero-order chi connectivity index (χ0) is 17.6. The number of fused-ring (bicyclic) bond motifs is 1. The van der Waals surface area contributed by atoms with Crippen molar-refractivity contribution >= 4 is 23.2 Å². The summed E-state index contributed by atoms with van der Waals surface area (Å²) in [6.07, 6.45) is 9.77. The molecule has 0 aromatic heterocycles. The zero-order valence-corrected chi connectivity index (χ0v) is 16.5. The average molecular weight is 390 g/mol. The Kier molecular flexibility index (Phi) is 5.83. The third-order valence-corrected chi connectivity index (χ3v) is 8.17. The van der Waals surface area contributed by atoms with Crippen molar-refractivity contribution in [2.24, 2.45) is 29.3 Å². The fraction of sp³-hybridized carbons (Fsp3) is 1.00. The molecule has 0 aromatic rings. The Labute approximate surface area is 161 Å². The van der Waals surface area contributed by atoms with Crippen molar-refractivity contribution in [1.82, 2.24) is 15.2 Å². The smallest absolute Gasteiger partial charge is 0.0779 e. The molecular formula is C18H33Cl2N5. The number of likely N-dealkylation sites (tertiary alicyclic amines) is 1. The predicted molar refractivity (Wildman–Crippen MR) is 103 cm³/mol. The van der Waals surface area contributed by atoms with Crippen molar-refractivity contribution in [1.29, 1.82) is 0 Å². The first kappa shape index (κ1) is 18.7. The Morgan fingerprint density at radius 1 is 0.880 bits per heavy atom. The van der Waals surface area contributed by atoms with Gasteiger partial charge in [-0.1, -0.05) is 0 Å². The van der Waals surface area contributed by atoms with E-state index in [0.29, 0.717) is 41.5 Å². The van der Waals surface area contributed by atoms with Crippen LogP contribution in [0.2, 0.25) is 0 Å². The Balaban J connectivity index is 1.52. The van der Waals surface area contributed by atoms with Gasteiger partial charge in [-0.3, -0.25) is 16.1 Å². The van der Waals surface area contributed by atoms with E-state index in [1.54, 1.807) is 5.01 Å². The van der Waals surface area contributed by atoms with Gasteiger partial charge in [0.25, 0.3) is 0 Å². The monoisotopic (exact) mass is 389 g/mol. The highest BCUT2D eigenvalue weighted by Crippen LogP contribution is 2.45. The van der Waals surface area contributed by atoms with E-state index >= 15 is 0 Å². The van der Waals surface area contributed by atoms with E-state index < -0.39 is 0 Å². The Bertz CT molecular complexity index is 451. The number of nitrogens with one attached hydrogen (secondary N) is 1. The van der Waals surface area contributed by atoms with Crippen molar-refractivity contribution in [2.75, 3.05) is 13.2 Å². The molecule has 0 spiro atoms. The summed E-state index contributed by atoms with van der Waals surface area (Å²) in [6, 6.07) is 0.640. The van der Waals surface area contributed by atoms with E-state index in [1.807, 2.05) is 0 Å². The summed E-state index contributed by atoms with van der Waals surface area (Å²) in [4.78, 5) is 2.72. The zero-order valence-electron chi connectivity index (χ0n) is 15.0. The highest BCUT2D eigenvalue weighted by atomic mass is 35.5. The van der Waals surface area contributed by atoms with Crippen molar-refractivity contribution in [3.05, 3.63) is 0 Å². The molecule has 0 bridgehead atoms. The SMILES string of the molecule is NC1C2C(C3CCC(Cl)CC3)CN(C3CCC(Cl)CC3)C2NCN1N. The average Bonchev–Trinajstić information content (AvgIpc) is 3.00. The van der Waals surface area contributed by atoms with Crippen LogP contribution in [0.3, 0.4) is 0 Å². The van der Waals surface area contributed by atoms with Gasteiger partial charge in [-0.05, 0) is 63.2 Å². The van der Waals surface area contributed by atoms with E-state index in [9.17, 15) is 0 Å². The second-order valence-corrected chi connectivity index (χ2v) is 9.90. The highest BCUT2D eigenvalue weighted by molar-refractivity contribution is 6.20. The highest BCUT2D eigenvalue weighted by Gasteiger charge is 2.52. The maximum Gasteiger partial charge on any atom is 0.0779 e. The lowest BCUT2D eigenvalue weighted by molar-refractivity contribution is -0.00134. The van der Waals surface area contributed by atoms with Crippen molar-refractivity contribution in [3.8, 4) is 0 Å². The van der Waals surface area contributed by atoms with Gasteiger partial charge in [0.2, 0.25) is 0 Å². The summed E-state index contributed by atoms with van der Waals surface area (Å²) in [5, 5.41) is 6.21. The molecular weight excluding hydrogens is 357 g/mol. The summed E-state index contributed by atoms with van der Waals surface area (Å²) >= 11 is 12.7. The van der Waals surface area contributed by atoms with Crippen molar-refractivity contribution < 1.29 is 0 Å². The van der Waals surface area contributed by atoms with Crippen LogP contribution in [0.25, 0.3) is 0 Å². The van der Waals surface area contributed by atoms with Crippen LogP contribution in [0.4, 0.5) is 0 Å². The maximum absolute atomic E-state index is 6.59. The molecule has 5 N–H and O–H groups in total. The molecule has 4 atom stereocenters. The third kappa shape index (κ3) is 3.71. The summed E-state index contributed by atoms with van der Waals surface area (Å²) in [5.41, 5.74) is 6.59.